The molecule has 26 heteroatoms. The van der Waals surface area contributed by atoms with E-state index >= 15 is 4.57 Å². The number of ether oxygens (including phenoxy) is 9. The molecule has 2 aliphatic rings. The van der Waals surface area contributed by atoms with Crippen LogP contribution in [-0.4, -0.2) is 109 Å². The van der Waals surface area contributed by atoms with Crippen molar-refractivity contribution in [3.8, 4) is 34.8 Å². The van der Waals surface area contributed by atoms with Crippen LogP contribution in [0.1, 0.15) is 374 Å². The van der Waals surface area contributed by atoms with E-state index in [0.717, 1.165) is 97.0 Å². The number of amides is 1. The predicted molar refractivity (Wildman–Crippen MR) is 561 cm³/mol. The quantitative estimate of drug-likeness (QED) is 0.0138. The number of nitrogens with one attached hydrogen (secondary N) is 3. The summed E-state index contributed by atoms with van der Waals surface area (Å²) in [6.45, 7) is 38.4. The van der Waals surface area contributed by atoms with E-state index in [4.69, 9.17) is 56.2 Å². The minimum atomic E-state index is -4.98. The predicted octanol–water partition coefficient (Wildman–Crippen LogP) is 26.3. The van der Waals surface area contributed by atoms with Crippen LogP contribution in [0.2, 0.25) is 0 Å². The highest BCUT2D eigenvalue weighted by Gasteiger charge is 2.48. The van der Waals surface area contributed by atoms with Gasteiger partial charge >= 0.3 is 25.2 Å². The number of phosphoric acid groups is 1. The fourth-order valence-electron chi connectivity index (χ4n) is 19.5. The molecular weight excluding hydrogens is 1800 g/mol. The molecule has 6 aromatic rings. The fraction of sp³-hybridized carbons (Fsp3) is 0.696. The first-order valence-electron chi connectivity index (χ1n) is 54.0. The Morgan fingerprint density at radius 2 is 0.823 bits per heavy atom. The minimum Gasteiger partial charge on any atom is -0.497 e. The Morgan fingerprint density at radius 3 is 1.21 bits per heavy atom. The van der Waals surface area contributed by atoms with Gasteiger partial charge in [0.2, 0.25) is 11.7 Å². The number of carbonyl (C=O) groups excluding carboxylic acids is 2. The fourth-order valence-corrected chi connectivity index (χ4v) is 20.9. The van der Waals surface area contributed by atoms with Gasteiger partial charge in [-0.2, -0.15) is 5.26 Å². The molecule has 0 radical (unpaired) electrons. The summed E-state index contributed by atoms with van der Waals surface area (Å²) in [6, 6.07) is 30.1. The monoisotopic (exact) mass is 1980 g/mol. The first kappa shape index (κ1) is 118. The maximum Gasteiger partial charge on any atom is 0.475 e. The van der Waals surface area contributed by atoms with Crippen molar-refractivity contribution in [2.75, 3.05) is 53.9 Å². The molecule has 141 heavy (non-hydrogen) atoms. The Labute approximate surface area is 844 Å². The molecule has 2 aromatic heterocycles. The summed E-state index contributed by atoms with van der Waals surface area (Å²) < 4.78 is 95.7. The summed E-state index contributed by atoms with van der Waals surface area (Å²) in [6.07, 6.45) is 30.2. The van der Waals surface area contributed by atoms with Gasteiger partial charge in [-0.25, -0.2) is 14.2 Å². The van der Waals surface area contributed by atoms with Gasteiger partial charge in [0.05, 0.1) is 72.8 Å². The lowest BCUT2D eigenvalue weighted by molar-refractivity contribution is -0.154. The second-order valence-electron chi connectivity index (χ2n) is 43.3. The lowest BCUT2D eigenvalue weighted by atomic mass is 9.80. The number of aromatic amines is 2. The molecule has 0 saturated carbocycles. The largest absolute Gasteiger partial charge is 0.497 e. The Balaban J connectivity index is 1.01. The van der Waals surface area contributed by atoms with Gasteiger partial charge in [0.25, 0.3) is 11.1 Å². The molecule has 25 nitrogen and oxygen atoms in total. The van der Waals surface area contributed by atoms with E-state index in [1.54, 1.807) is 14.2 Å². The third-order valence-electron chi connectivity index (χ3n) is 28.8. The van der Waals surface area contributed by atoms with Crippen LogP contribution >= 0.6 is 7.82 Å². The summed E-state index contributed by atoms with van der Waals surface area (Å²) >= 11 is 0. The van der Waals surface area contributed by atoms with Crippen LogP contribution in [0, 0.1) is 96.2 Å². The standard InChI is InChI=1S/C115H179N6O19P/c1-80(2)33-23-36-83(7)39-26-42-86(10)45-29-48-89(13)63-68-131-102-71-94(72-103(132-69-64-90(14)49-30-46-87(11)43-27-40-84(8)37-24-34-81(3)4)110(102)133-70-65-91(15)50-31-47-88(12)44-28-41-85(9)38-25-35-82(5)6)75-117-106(122)61-62-109(123)139-100-73-107(120-76-92(16)111(124)118-113(120)126)138-105(100)79-136-141(128,135-67-32-66-116)140-101-74-108(121-77-93(17)112(125)119-114(121)127)137-104(101)78-134-115(95-51-21-20-22-52-95,96-53-57-98(129-18)58-54-96)97-55-59-99(130-19)60-56-97/h20-22,51-60,71-72,76-77,80-91,100-101,104-105,107-108H,23-50,61-65,67-70,73-75,78-79H2,1-19H3,(H,117,122)(H,118,124,126)(H,119,125,127)/t83?,84?,85?,86?,87?,88?,89?,90?,91?,100-,101-,104+,105+,107+,108+,141?/m0/s1. The van der Waals surface area contributed by atoms with Crippen molar-refractivity contribution < 1.29 is 70.4 Å². The number of nitrogens with zero attached hydrogens (tertiary/aromatic N) is 3. The van der Waals surface area contributed by atoms with Crippen LogP contribution in [0.5, 0.6) is 28.7 Å². The number of esters is 1. The van der Waals surface area contributed by atoms with Gasteiger partial charge in [-0.15, -0.1) is 0 Å². The molecule has 4 heterocycles. The number of carbonyl (C=O) groups is 2. The highest BCUT2D eigenvalue weighted by molar-refractivity contribution is 7.48. The molecule has 2 saturated heterocycles. The van der Waals surface area contributed by atoms with Gasteiger partial charge < -0.3 is 47.9 Å². The zero-order chi connectivity index (χ0) is 102. The molecule has 0 spiro atoms. The van der Waals surface area contributed by atoms with Gasteiger partial charge in [-0.1, -0.05) is 332 Å². The minimum absolute atomic E-state index is 0.0585. The van der Waals surface area contributed by atoms with Crippen LogP contribution in [0.25, 0.3) is 0 Å². The number of H-pyrrole nitrogens is 2. The second kappa shape index (κ2) is 62.5. The third-order valence-corrected chi connectivity index (χ3v) is 30.3. The zero-order valence-electron chi connectivity index (χ0n) is 89.5. The number of aromatic nitrogens is 4. The number of phosphoric ester groups is 1. The van der Waals surface area contributed by atoms with E-state index < -0.39 is 104 Å². The Bertz CT molecular complexity index is 4810. The Hall–Kier alpha value is -8.34. The number of hydrogen-bond donors (Lipinski definition) is 3. The van der Waals surface area contributed by atoms with Gasteiger partial charge in [0, 0.05) is 49.3 Å². The number of nitriles is 1. The SMILES string of the molecule is COc1ccc(C(OC[C@H]2O[C@@H](n3cc(C)c(=O)[nH]c3=O)C[C@@H]2OP(=O)(OCCC#N)OC[C@H]2O[C@@H](n3cc(C)c(=O)[nH]c3=O)C[C@@H]2OC(=O)CCC(=O)NCc2cc(OCCC(C)CCCC(C)CCCC(C)CCCC(C)C)c(OCCC(C)CCCC(C)CCCC(C)CCCC(C)C)c(OCCC(C)CCCC(C)CCCC(C)CCCC(C)C)c2)(c2ccccc2)c2ccc(OC)cc2)cc1. The van der Waals surface area contributed by atoms with E-state index in [1.165, 1.54) is 172 Å². The van der Waals surface area contributed by atoms with Crippen molar-refractivity contribution in [1.82, 2.24) is 24.4 Å². The molecule has 10 unspecified atom stereocenters. The molecule has 4 aromatic carbocycles. The lowest BCUT2D eigenvalue weighted by Gasteiger charge is -2.37. The van der Waals surface area contributed by atoms with E-state index in [2.05, 4.69) is 119 Å². The molecule has 2 fully saturated rings. The van der Waals surface area contributed by atoms with Gasteiger partial charge in [0.15, 0.2) is 11.5 Å². The van der Waals surface area contributed by atoms with E-state index in [1.807, 2.05) is 97.1 Å². The molecule has 8 rings (SSSR count). The van der Waals surface area contributed by atoms with E-state index in [-0.39, 0.29) is 50.0 Å². The van der Waals surface area contributed by atoms with Crippen LogP contribution in [0.4, 0.5) is 0 Å². The van der Waals surface area contributed by atoms with Gasteiger partial charge in [-0.05, 0) is 163 Å². The number of benzene rings is 4. The smallest absolute Gasteiger partial charge is 0.475 e. The summed E-state index contributed by atoms with van der Waals surface area (Å²) in [5, 5.41) is 12.9. The highest BCUT2D eigenvalue weighted by Crippen LogP contribution is 2.55. The van der Waals surface area contributed by atoms with Gasteiger partial charge in [0.1, 0.15) is 54.0 Å². The van der Waals surface area contributed by atoms with E-state index in [9.17, 15) is 34.0 Å². The molecule has 788 valence electrons. The van der Waals surface area contributed by atoms with Crippen molar-refractivity contribution in [3.05, 3.63) is 178 Å². The summed E-state index contributed by atoms with van der Waals surface area (Å²) in [4.78, 5) is 86.6. The van der Waals surface area contributed by atoms with Crippen molar-refractivity contribution in [1.29, 1.82) is 5.26 Å². The van der Waals surface area contributed by atoms with Crippen molar-refractivity contribution in [3.63, 3.8) is 0 Å². The van der Waals surface area contributed by atoms with Crippen LogP contribution in [-0.2, 0) is 58.8 Å². The molecule has 1 amide bonds. The maximum atomic E-state index is 15.8. The number of aryl methyl sites for hydroxylation is 2. The number of hydrogen-bond acceptors (Lipinski definition) is 20. The summed E-state index contributed by atoms with van der Waals surface area (Å²) in [5.41, 5.74) is -1.16. The molecular formula is C115H179N6O19P. The molecule has 2 aliphatic heterocycles. The van der Waals surface area contributed by atoms with Crippen molar-refractivity contribution in [2.45, 2.75) is 391 Å². The molecule has 3 N–H and O–H groups in total. The average Bonchev–Trinajstić information content (AvgIpc) is 1.38. The summed E-state index contributed by atoms with van der Waals surface area (Å²) in [7, 11) is -1.85. The average molecular weight is 1980 g/mol. The topological polar surface area (TPSA) is 308 Å². The Morgan fingerprint density at radius 1 is 0.461 bits per heavy atom. The van der Waals surface area contributed by atoms with Gasteiger partial charge in [-0.3, -0.25) is 51.9 Å². The second-order valence-corrected chi connectivity index (χ2v) is 44.9. The van der Waals surface area contributed by atoms with Crippen LogP contribution in [0.15, 0.2) is 123 Å². The third kappa shape index (κ3) is 41.6. The number of methoxy groups -OCH3 is 2. The van der Waals surface area contributed by atoms with Crippen LogP contribution < -0.4 is 51.5 Å². The Kier molecular flexibility index (Phi) is 52.2. The van der Waals surface area contributed by atoms with Crippen LogP contribution in [0.3, 0.4) is 0 Å². The molecule has 16 atom stereocenters. The normalized spacial score (nSPS) is 18.5. The van der Waals surface area contributed by atoms with E-state index in [0.29, 0.717) is 101 Å². The lowest BCUT2D eigenvalue weighted by Crippen LogP contribution is -2.38. The molecule has 0 aliphatic carbocycles. The summed E-state index contributed by atoms with van der Waals surface area (Å²) in [5.74, 6) is 9.49. The first-order valence-corrected chi connectivity index (χ1v) is 55.4. The molecule has 0 bridgehead atoms. The highest BCUT2D eigenvalue weighted by atomic mass is 31.2. The zero-order valence-corrected chi connectivity index (χ0v) is 90.3. The van der Waals surface area contributed by atoms with Crippen molar-refractivity contribution in [2.24, 2.45) is 71.0 Å². The van der Waals surface area contributed by atoms with Crippen molar-refractivity contribution >= 4 is 19.7 Å². The first-order chi connectivity index (χ1) is 67.6. The number of rotatable bonds is 72. The maximum absolute atomic E-state index is 15.8.